The van der Waals surface area contributed by atoms with E-state index < -0.39 is 11.5 Å². The molecule has 68 valence electrons. The van der Waals surface area contributed by atoms with Crippen molar-refractivity contribution in [2.75, 3.05) is 0 Å². The molecular formula is C6H10F2N3P. The second kappa shape index (κ2) is 3.05. The van der Waals surface area contributed by atoms with Crippen LogP contribution in [0.3, 0.4) is 0 Å². The summed E-state index contributed by atoms with van der Waals surface area (Å²) in [5.74, 6) is 0.0851. The second-order valence-corrected chi connectivity index (χ2v) is 3.55. The highest BCUT2D eigenvalue weighted by Gasteiger charge is 2.30. The third kappa shape index (κ3) is 1.97. The third-order valence-corrected chi connectivity index (χ3v) is 1.61. The van der Waals surface area contributed by atoms with E-state index in [2.05, 4.69) is 15.2 Å². The summed E-state index contributed by atoms with van der Waals surface area (Å²) in [6.07, 6.45) is 0. The van der Waals surface area contributed by atoms with E-state index in [1.807, 2.05) is 13.8 Å². The molecule has 0 aliphatic heterocycles. The Hall–Kier alpha value is -0.570. The summed E-state index contributed by atoms with van der Waals surface area (Å²) in [7, 11) is 1.40. The van der Waals surface area contributed by atoms with Crippen molar-refractivity contribution in [1.29, 1.82) is 0 Å². The van der Waals surface area contributed by atoms with Crippen LogP contribution in [0.2, 0.25) is 0 Å². The van der Waals surface area contributed by atoms with Gasteiger partial charge in [0, 0.05) is 5.92 Å². The first kappa shape index (κ1) is 9.52. The van der Waals surface area contributed by atoms with Crippen molar-refractivity contribution in [2.24, 2.45) is 0 Å². The standard InChI is InChI=1S/C6H10F2N3P/c1-3(2)4-9-5(11-10-4)6(7,8)12/h3H,12H2,1-2H3,(H,9,10,11). The Bertz CT molecular complexity index is 266. The molecule has 3 nitrogen and oxygen atoms in total. The summed E-state index contributed by atoms with van der Waals surface area (Å²) in [5.41, 5.74) is -3.04. The number of nitrogens with one attached hydrogen (secondary N) is 1. The van der Waals surface area contributed by atoms with Gasteiger partial charge in [-0.15, -0.1) is 0 Å². The Morgan fingerprint density at radius 3 is 2.33 bits per heavy atom. The minimum absolute atomic E-state index is 0.0820. The van der Waals surface area contributed by atoms with Gasteiger partial charge >= 0.3 is 5.66 Å². The molecule has 0 bridgehead atoms. The first-order valence-corrected chi connectivity index (χ1v) is 4.08. The van der Waals surface area contributed by atoms with E-state index >= 15 is 0 Å². The molecule has 0 saturated heterocycles. The number of nitrogens with zero attached hydrogens (tertiary/aromatic N) is 2. The van der Waals surface area contributed by atoms with Crippen LogP contribution in [-0.4, -0.2) is 15.2 Å². The molecule has 0 aliphatic rings. The van der Waals surface area contributed by atoms with Gasteiger partial charge in [-0.2, -0.15) is 13.9 Å². The van der Waals surface area contributed by atoms with E-state index in [-0.39, 0.29) is 5.92 Å². The molecule has 1 rings (SSSR count). The zero-order chi connectivity index (χ0) is 9.35. The fourth-order valence-corrected chi connectivity index (χ4v) is 0.811. The predicted octanol–water partition coefficient (Wildman–Crippen LogP) is 1.85. The Morgan fingerprint density at radius 1 is 1.50 bits per heavy atom. The largest absolute Gasteiger partial charge is 0.318 e. The summed E-state index contributed by atoms with van der Waals surface area (Å²) in [4.78, 5) is 3.64. The zero-order valence-corrected chi connectivity index (χ0v) is 7.96. The van der Waals surface area contributed by atoms with E-state index in [1.54, 1.807) is 0 Å². The highest BCUT2D eigenvalue weighted by Crippen LogP contribution is 2.32. The quantitative estimate of drug-likeness (QED) is 0.728. The fraction of sp³-hybridized carbons (Fsp3) is 0.667. The van der Waals surface area contributed by atoms with Gasteiger partial charge in [-0.05, 0) is 0 Å². The number of halogens is 2. The van der Waals surface area contributed by atoms with Crippen LogP contribution in [0.5, 0.6) is 0 Å². The topological polar surface area (TPSA) is 41.6 Å². The van der Waals surface area contributed by atoms with Gasteiger partial charge in [0.15, 0.2) is 0 Å². The molecule has 0 fully saturated rings. The lowest BCUT2D eigenvalue weighted by Gasteiger charge is -2.02. The number of H-pyrrole nitrogens is 1. The van der Waals surface area contributed by atoms with Crippen molar-refractivity contribution in [3.8, 4) is 0 Å². The molecule has 1 N–H and O–H groups in total. The summed E-state index contributed by atoms with van der Waals surface area (Å²) in [6.45, 7) is 3.70. The number of aromatic nitrogens is 3. The molecule has 0 saturated carbocycles. The molecule has 1 heterocycles. The number of aromatic amines is 1. The normalized spacial score (nSPS) is 12.5. The van der Waals surface area contributed by atoms with E-state index in [9.17, 15) is 8.78 Å². The summed E-state index contributed by atoms with van der Waals surface area (Å²) in [5, 5.41) is 5.86. The Kier molecular flexibility index (Phi) is 2.42. The molecule has 1 aromatic heterocycles. The van der Waals surface area contributed by atoms with Gasteiger partial charge in [0.05, 0.1) is 0 Å². The summed E-state index contributed by atoms with van der Waals surface area (Å²) < 4.78 is 25.1. The van der Waals surface area contributed by atoms with Crippen LogP contribution in [0, 0.1) is 0 Å². The van der Waals surface area contributed by atoms with Crippen LogP contribution in [-0.2, 0) is 5.66 Å². The van der Waals surface area contributed by atoms with Crippen molar-refractivity contribution in [3.63, 3.8) is 0 Å². The van der Waals surface area contributed by atoms with Gasteiger partial charge in [0.1, 0.15) is 5.82 Å². The van der Waals surface area contributed by atoms with Gasteiger partial charge in [0.2, 0.25) is 5.82 Å². The molecule has 1 aromatic rings. The van der Waals surface area contributed by atoms with Crippen LogP contribution in [0.25, 0.3) is 0 Å². The molecule has 0 radical (unpaired) electrons. The summed E-state index contributed by atoms with van der Waals surface area (Å²) in [6, 6.07) is 0. The average molecular weight is 193 g/mol. The maximum atomic E-state index is 12.5. The average Bonchev–Trinajstić information content (AvgIpc) is 2.30. The van der Waals surface area contributed by atoms with Gasteiger partial charge in [-0.3, -0.25) is 5.10 Å². The van der Waals surface area contributed by atoms with Crippen molar-refractivity contribution in [1.82, 2.24) is 15.2 Å². The maximum Gasteiger partial charge on any atom is 0.318 e. The van der Waals surface area contributed by atoms with E-state index in [0.29, 0.717) is 5.82 Å². The number of hydrogen-bond acceptors (Lipinski definition) is 2. The molecule has 1 unspecified atom stereocenters. The molecule has 12 heavy (non-hydrogen) atoms. The first-order chi connectivity index (χ1) is 5.41. The van der Waals surface area contributed by atoms with Crippen molar-refractivity contribution >= 4 is 9.24 Å². The highest BCUT2D eigenvalue weighted by atomic mass is 31.0. The molecule has 1 atom stereocenters. The minimum atomic E-state index is -3.04. The highest BCUT2D eigenvalue weighted by molar-refractivity contribution is 7.17. The minimum Gasteiger partial charge on any atom is -0.263 e. The van der Waals surface area contributed by atoms with Crippen LogP contribution in [0.15, 0.2) is 0 Å². The van der Waals surface area contributed by atoms with Crippen molar-refractivity contribution in [3.05, 3.63) is 11.6 Å². The lowest BCUT2D eigenvalue weighted by Crippen LogP contribution is -2.05. The summed E-state index contributed by atoms with van der Waals surface area (Å²) >= 11 is 0. The molecule has 0 spiro atoms. The number of alkyl halides is 2. The third-order valence-electron chi connectivity index (χ3n) is 1.35. The van der Waals surface area contributed by atoms with Crippen molar-refractivity contribution in [2.45, 2.75) is 25.4 Å². The Morgan fingerprint density at radius 2 is 2.08 bits per heavy atom. The SMILES string of the molecule is CC(C)c1nc(C(F)(F)P)n[nH]1. The zero-order valence-electron chi connectivity index (χ0n) is 6.81. The fourth-order valence-electron chi connectivity index (χ4n) is 0.682. The van der Waals surface area contributed by atoms with E-state index in [0.717, 1.165) is 0 Å². The lowest BCUT2D eigenvalue weighted by molar-refractivity contribution is 0.0934. The lowest BCUT2D eigenvalue weighted by atomic mass is 10.2. The van der Waals surface area contributed by atoms with Gasteiger partial charge in [0.25, 0.3) is 0 Å². The molecule has 0 aliphatic carbocycles. The van der Waals surface area contributed by atoms with Crippen LogP contribution < -0.4 is 0 Å². The second-order valence-electron chi connectivity index (χ2n) is 2.82. The van der Waals surface area contributed by atoms with Crippen LogP contribution in [0.1, 0.15) is 31.4 Å². The maximum absolute atomic E-state index is 12.5. The van der Waals surface area contributed by atoms with Gasteiger partial charge in [-0.25, -0.2) is 4.98 Å². The molecule has 0 aromatic carbocycles. The number of hydrogen-bond donors (Lipinski definition) is 1. The van der Waals surface area contributed by atoms with Gasteiger partial charge in [-0.1, -0.05) is 23.1 Å². The van der Waals surface area contributed by atoms with Gasteiger partial charge < -0.3 is 0 Å². The molecule has 6 heteroatoms. The first-order valence-electron chi connectivity index (χ1n) is 3.50. The smallest absolute Gasteiger partial charge is 0.263 e. The molecule has 0 amide bonds. The number of rotatable bonds is 2. The van der Waals surface area contributed by atoms with Crippen LogP contribution >= 0.6 is 9.24 Å². The Balaban J connectivity index is 2.92. The van der Waals surface area contributed by atoms with Crippen LogP contribution in [0.4, 0.5) is 8.78 Å². The monoisotopic (exact) mass is 193 g/mol. The van der Waals surface area contributed by atoms with Crippen molar-refractivity contribution < 1.29 is 8.78 Å². The molecular weight excluding hydrogens is 183 g/mol. The van der Waals surface area contributed by atoms with E-state index in [1.165, 1.54) is 9.24 Å². The Labute approximate surface area is 71.2 Å². The predicted molar refractivity (Wildman–Crippen MR) is 44.1 cm³/mol. The van der Waals surface area contributed by atoms with E-state index in [4.69, 9.17) is 0 Å².